The summed E-state index contributed by atoms with van der Waals surface area (Å²) in [5.41, 5.74) is -0.418. The predicted molar refractivity (Wildman–Crippen MR) is 67.6 cm³/mol. The molecule has 20 heavy (non-hydrogen) atoms. The normalized spacial score (nSPS) is 11.4. The maximum Gasteiger partial charge on any atom is 0.416 e. The van der Waals surface area contributed by atoms with Crippen LogP contribution in [0, 0.1) is 13.8 Å². The molecule has 0 atom stereocenters. The molecular weight excluding hydrogens is 271 g/mol. The summed E-state index contributed by atoms with van der Waals surface area (Å²) in [6.07, 6.45) is -4.44. The van der Waals surface area contributed by atoms with Gasteiger partial charge in [-0.2, -0.15) is 13.2 Å². The van der Waals surface area contributed by atoms with Crippen LogP contribution in [0.1, 0.15) is 27.4 Å². The first-order chi connectivity index (χ1) is 9.27. The smallest absolute Gasteiger partial charge is 0.416 e. The van der Waals surface area contributed by atoms with Gasteiger partial charge >= 0.3 is 6.18 Å². The lowest BCUT2D eigenvalue weighted by molar-refractivity contribution is -0.137. The summed E-state index contributed by atoms with van der Waals surface area (Å²) in [5, 5.41) is 2.43. The van der Waals surface area contributed by atoms with E-state index in [0.29, 0.717) is 17.1 Å². The maximum atomic E-state index is 12.6. The molecule has 0 saturated heterocycles. The van der Waals surface area contributed by atoms with Crippen molar-refractivity contribution < 1.29 is 22.4 Å². The summed E-state index contributed by atoms with van der Waals surface area (Å²) in [5.74, 6) is 0.488. The van der Waals surface area contributed by atoms with Crippen molar-refractivity contribution >= 4 is 11.6 Å². The Bertz CT molecular complexity index is 644. The van der Waals surface area contributed by atoms with E-state index >= 15 is 0 Å². The van der Waals surface area contributed by atoms with Gasteiger partial charge in [0.1, 0.15) is 11.5 Å². The highest BCUT2D eigenvalue weighted by Gasteiger charge is 2.30. The minimum Gasteiger partial charge on any atom is -0.466 e. The number of aryl methyl sites for hydroxylation is 2. The van der Waals surface area contributed by atoms with E-state index in [1.54, 1.807) is 13.8 Å². The van der Waals surface area contributed by atoms with Crippen LogP contribution in [0.3, 0.4) is 0 Å². The van der Waals surface area contributed by atoms with Crippen molar-refractivity contribution in [3.63, 3.8) is 0 Å². The lowest BCUT2D eigenvalue weighted by Crippen LogP contribution is -2.13. The number of furan rings is 1. The van der Waals surface area contributed by atoms with Crippen molar-refractivity contribution in [2.75, 3.05) is 5.32 Å². The Balaban J connectivity index is 2.22. The standard InChI is InChI=1S/C14H12F3NO2/c1-8-6-12(9(2)20-8)13(19)18-11-5-3-4-10(7-11)14(15,16)17/h3-7H,1-2H3,(H,18,19). The average Bonchev–Trinajstić information content (AvgIpc) is 2.68. The van der Waals surface area contributed by atoms with Crippen LogP contribution >= 0.6 is 0 Å². The summed E-state index contributed by atoms with van der Waals surface area (Å²) in [6.45, 7) is 3.31. The van der Waals surface area contributed by atoms with Crippen molar-refractivity contribution in [1.29, 1.82) is 0 Å². The Morgan fingerprint density at radius 1 is 1.20 bits per heavy atom. The van der Waals surface area contributed by atoms with Gasteiger partial charge in [-0.1, -0.05) is 6.07 Å². The van der Waals surface area contributed by atoms with Crippen molar-refractivity contribution in [3.05, 3.63) is 53.0 Å². The third-order valence-corrected chi connectivity index (χ3v) is 2.73. The summed E-state index contributed by atoms with van der Waals surface area (Å²) < 4.78 is 42.9. The van der Waals surface area contributed by atoms with E-state index in [9.17, 15) is 18.0 Å². The van der Waals surface area contributed by atoms with Gasteiger partial charge in [0.2, 0.25) is 0 Å². The SMILES string of the molecule is Cc1cc(C(=O)Nc2cccc(C(F)(F)F)c2)c(C)o1. The van der Waals surface area contributed by atoms with E-state index in [-0.39, 0.29) is 5.69 Å². The number of halogens is 3. The average molecular weight is 283 g/mol. The molecule has 6 heteroatoms. The maximum absolute atomic E-state index is 12.6. The Kier molecular flexibility index (Phi) is 3.57. The molecule has 1 amide bonds. The molecule has 0 aliphatic heterocycles. The van der Waals surface area contributed by atoms with E-state index < -0.39 is 17.6 Å². The van der Waals surface area contributed by atoms with E-state index in [2.05, 4.69) is 5.32 Å². The van der Waals surface area contributed by atoms with Gasteiger partial charge in [0.05, 0.1) is 11.1 Å². The Labute approximate surface area is 113 Å². The molecule has 0 radical (unpaired) electrons. The fraction of sp³-hybridized carbons (Fsp3) is 0.214. The number of rotatable bonds is 2. The summed E-state index contributed by atoms with van der Waals surface area (Å²) in [4.78, 5) is 12.0. The van der Waals surface area contributed by atoms with Gasteiger partial charge in [-0.3, -0.25) is 4.79 Å². The Morgan fingerprint density at radius 3 is 2.45 bits per heavy atom. The minimum atomic E-state index is -4.44. The van der Waals surface area contributed by atoms with Crippen LogP contribution in [0.25, 0.3) is 0 Å². The number of alkyl halides is 3. The number of amides is 1. The largest absolute Gasteiger partial charge is 0.466 e. The summed E-state index contributed by atoms with van der Waals surface area (Å²) in [7, 11) is 0. The molecule has 1 aromatic heterocycles. The highest BCUT2D eigenvalue weighted by atomic mass is 19.4. The monoisotopic (exact) mass is 283 g/mol. The third kappa shape index (κ3) is 3.01. The predicted octanol–water partition coefficient (Wildman–Crippen LogP) is 4.17. The molecule has 0 spiro atoms. The number of carbonyl (C=O) groups excluding carboxylic acids is 1. The number of carbonyl (C=O) groups is 1. The lowest BCUT2D eigenvalue weighted by atomic mass is 10.2. The van der Waals surface area contributed by atoms with Crippen LogP contribution in [0.15, 0.2) is 34.7 Å². The lowest BCUT2D eigenvalue weighted by Gasteiger charge is -2.09. The van der Waals surface area contributed by atoms with Crippen LogP contribution in [-0.4, -0.2) is 5.91 Å². The Morgan fingerprint density at radius 2 is 1.90 bits per heavy atom. The van der Waals surface area contributed by atoms with Crippen molar-refractivity contribution in [3.8, 4) is 0 Å². The highest BCUT2D eigenvalue weighted by molar-refractivity contribution is 6.05. The van der Waals surface area contributed by atoms with Gasteiger partial charge in [0.15, 0.2) is 0 Å². The minimum absolute atomic E-state index is 0.0862. The second-order valence-electron chi connectivity index (χ2n) is 4.36. The zero-order valence-corrected chi connectivity index (χ0v) is 10.8. The number of hydrogen-bond acceptors (Lipinski definition) is 2. The summed E-state index contributed by atoms with van der Waals surface area (Å²) in [6, 6.07) is 6.02. The van der Waals surface area contributed by atoms with Crippen molar-refractivity contribution in [2.24, 2.45) is 0 Å². The van der Waals surface area contributed by atoms with Gasteiger partial charge in [0.25, 0.3) is 5.91 Å². The van der Waals surface area contributed by atoms with Gasteiger partial charge in [-0.15, -0.1) is 0 Å². The number of anilines is 1. The van der Waals surface area contributed by atoms with E-state index in [1.165, 1.54) is 18.2 Å². The van der Waals surface area contributed by atoms with Crippen molar-refractivity contribution in [2.45, 2.75) is 20.0 Å². The van der Waals surface area contributed by atoms with E-state index in [4.69, 9.17) is 4.42 Å². The zero-order chi connectivity index (χ0) is 14.9. The first-order valence-corrected chi connectivity index (χ1v) is 5.83. The molecule has 0 aliphatic carbocycles. The quantitative estimate of drug-likeness (QED) is 0.898. The van der Waals surface area contributed by atoms with Gasteiger partial charge in [0, 0.05) is 5.69 Å². The number of benzene rings is 1. The van der Waals surface area contributed by atoms with Gasteiger partial charge in [-0.25, -0.2) is 0 Å². The van der Waals surface area contributed by atoms with Gasteiger partial charge < -0.3 is 9.73 Å². The van der Waals surface area contributed by atoms with E-state index in [0.717, 1.165) is 12.1 Å². The molecule has 2 rings (SSSR count). The molecule has 0 fully saturated rings. The molecular formula is C14H12F3NO2. The van der Waals surface area contributed by atoms with Crippen LogP contribution < -0.4 is 5.32 Å². The number of nitrogens with one attached hydrogen (secondary N) is 1. The molecule has 0 bridgehead atoms. The molecule has 0 aliphatic rings. The van der Waals surface area contributed by atoms with Crippen LogP contribution in [0.4, 0.5) is 18.9 Å². The molecule has 2 aromatic rings. The fourth-order valence-electron chi connectivity index (χ4n) is 1.83. The molecule has 106 valence electrons. The first-order valence-electron chi connectivity index (χ1n) is 5.83. The van der Waals surface area contributed by atoms with Gasteiger partial charge in [-0.05, 0) is 38.1 Å². The third-order valence-electron chi connectivity index (χ3n) is 2.73. The van der Waals surface area contributed by atoms with Crippen LogP contribution in [0.5, 0.6) is 0 Å². The molecule has 1 aromatic carbocycles. The molecule has 1 heterocycles. The van der Waals surface area contributed by atoms with E-state index in [1.807, 2.05) is 0 Å². The fourth-order valence-corrected chi connectivity index (χ4v) is 1.83. The number of hydrogen-bond donors (Lipinski definition) is 1. The van der Waals surface area contributed by atoms with Crippen molar-refractivity contribution in [1.82, 2.24) is 0 Å². The second-order valence-corrected chi connectivity index (χ2v) is 4.36. The van der Waals surface area contributed by atoms with Crippen LogP contribution in [0.2, 0.25) is 0 Å². The zero-order valence-electron chi connectivity index (χ0n) is 10.8. The molecule has 0 saturated carbocycles. The molecule has 0 unspecified atom stereocenters. The summed E-state index contributed by atoms with van der Waals surface area (Å²) >= 11 is 0. The second kappa shape index (κ2) is 5.03. The first kappa shape index (κ1) is 14.2. The highest BCUT2D eigenvalue weighted by Crippen LogP contribution is 2.30. The molecule has 1 N–H and O–H groups in total. The Hall–Kier alpha value is -2.24. The molecule has 3 nitrogen and oxygen atoms in total. The van der Waals surface area contributed by atoms with Crippen LogP contribution in [-0.2, 0) is 6.18 Å². The topological polar surface area (TPSA) is 42.2 Å².